The predicted molar refractivity (Wildman–Crippen MR) is 90.3 cm³/mol. The average Bonchev–Trinajstić information content (AvgIpc) is 2.80. The summed E-state index contributed by atoms with van der Waals surface area (Å²) in [5, 5.41) is 4.12. The fraction of sp³-hybridized carbons (Fsp3) is 0.556. The Bertz CT molecular complexity index is 526. The Kier molecular flexibility index (Phi) is 6.44. The van der Waals surface area contributed by atoms with Crippen molar-refractivity contribution in [3.63, 3.8) is 0 Å². The fourth-order valence-corrected chi connectivity index (χ4v) is 2.62. The lowest BCUT2D eigenvalue weighted by atomic mass is 10.1. The van der Waals surface area contributed by atoms with Gasteiger partial charge in [0.1, 0.15) is 6.61 Å². The Morgan fingerprint density at radius 2 is 1.77 bits per heavy atom. The van der Waals surface area contributed by atoms with Crippen LogP contribution in [-0.4, -0.2) is 24.8 Å². The van der Waals surface area contributed by atoms with Gasteiger partial charge < -0.3 is 9.74 Å². The average molecular weight is 302 g/mol. The number of nitrogens with zero attached hydrogens (tertiary/aromatic N) is 2. The Morgan fingerprint density at radius 3 is 2.55 bits per heavy atom. The van der Waals surface area contributed by atoms with Crippen LogP contribution in [0.1, 0.15) is 57.9 Å². The Hall–Kier alpha value is -1.84. The van der Waals surface area contributed by atoms with Crippen LogP contribution in [0.25, 0.3) is 0 Å². The van der Waals surface area contributed by atoms with Crippen molar-refractivity contribution >= 4 is 17.3 Å². The largest absolute Gasteiger partial charge is 0.395 e. The minimum Gasteiger partial charge on any atom is -0.395 e. The third kappa shape index (κ3) is 3.87. The lowest BCUT2D eigenvalue weighted by molar-refractivity contribution is -0.112. The quantitative estimate of drug-likeness (QED) is 0.508. The van der Waals surface area contributed by atoms with Crippen molar-refractivity contribution in [3.05, 3.63) is 29.8 Å². The molecule has 0 N–H and O–H groups in total. The summed E-state index contributed by atoms with van der Waals surface area (Å²) in [7, 11) is 0. The van der Waals surface area contributed by atoms with Crippen molar-refractivity contribution in [2.75, 3.05) is 18.1 Å². The maximum atomic E-state index is 12.6. The highest BCUT2D eigenvalue weighted by molar-refractivity contribution is 6.54. The van der Waals surface area contributed by atoms with E-state index in [9.17, 15) is 4.79 Å². The first-order chi connectivity index (χ1) is 10.8. The Morgan fingerprint density at radius 1 is 1.05 bits per heavy atom. The van der Waals surface area contributed by atoms with Gasteiger partial charge in [-0.1, -0.05) is 62.9 Å². The van der Waals surface area contributed by atoms with Crippen LogP contribution in [0.3, 0.4) is 0 Å². The summed E-state index contributed by atoms with van der Waals surface area (Å²) < 4.78 is 0. The molecule has 0 spiro atoms. The first kappa shape index (κ1) is 16.5. The number of rotatable bonds is 9. The highest BCUT2D eigenvalue weighted by atomic mass is 16.6. The van der Waals surface area contributed by atoms with Gasteiger partial charge >= 0.3 is 0 Å². The van der Waals surface area contributed by atoms with Gasteiger partial charge in [0.2, 0.25) is 0 Å². The summed E-state index contributed by atoms with van der Waals surface area (Å²) in [4.78, 5) is 19.8. The lowest BCUT2D eigenvalue weighted by Crippen LogP contribution is -2.31. The number of carbonyl (C=O) groups excluding carboxylic acids is 1. The highest BCUT2D eigenvalue weighted by Gasteiger charge is 2.33. The molecule has 1 heterocycles. The van der Waals surface area contributed by atoms with Gasteiger partial charge in [-0.3, -0.25) is 4.79 Å². The van der Waals surface area contributed by atoms with E-state index in [4.69, 9.17) is 4.84 Å². The molecule has 4 heteroatoms. The van der Waals surface area contributed by atoms with E-state index in [1.165, 1.54) is 0 Å². The van der Waals surface area contributed by atoms with E-state index in [0.29, 0.717) is 12.3 Å². The molecule has 4 nitrogen and oxygen atoms in total. The van der Waals surface area contributed by atoms with Crippen molar-refractivity contribution in [2.24, 2.45) is 5.16 Å². The molecule has 0 fully saturated rings. The number of hydrogen-bond donors (Lipinski definition) is 0. The molecule has 1 aromatic rings. The number of para-hydroxylation sites is 1. The van der Waals surface area contributed by atoms with Gasteiger partial charge in [-0.25, -0.2) is 0 Å². The summed E-state index contributed by atoms with van der Waals surface area (Å²) in [5.41, 5.74) is 2.29. The Labute approximate surface area is 133 Å². The standard InChI is InChI=1S/C18H26N2O2/c1-3-5-9-13-20-16-12-8-7-11-15(16)17(18(20)21)19-22-14-10-6-4-2/h7-8,11-12H,3-6,9-10,13-14H2,1-2H3. The molecule has 0 unspecified atom stereocenters. The number of carbonyl (C=O) groups is 1. The van der Waals surface area contributed by atoms with Crippen LogP contribution in [-0.2, 0) is 9.63 Å². The summed E-state index contributed by atoms with van der Waals surface area (Å²) >= 11 is 0. The van der Waals surface area contributed by atoms with Gasteiger partial charge in [-0.2, -0.15) is 0 Å². The number of amides is 1. The van der Waals surface area contributed by atoms with Gasteiger partial charge in [0.05, 0.1) is 5.69 Å². The molecule has 2 rings (SSSR count). The third-order valence-electron chi connectivity index (χ3n) is 3.88. The molecule has 0 bridgehead atoms. The van der Waals surface area contributed by atoms with Gasteiger partial charge in [-0.05, 0) is 18.9 Å². The topological polar surface area (TPSA) is 41.9 Å². The van der Waals surface area contributed by atoms with E-state index in [0.717, 1.165) is 56.3 Å². The minimum atomic E-state index is -0.0344. The third-order valence-corrected chi connectivity index (χ3v) is 3.88. The van der Waals surface area contributed by atoms with Crippen molar-refractivity contribution < 1.29 is 9.63 Å². The smallest absolute Gasteiger partial charge is 0.281 e. The molecular formula is C18H26N2O2. The molecule has 0 radical (unpaired) electrons. The molecule has 1 aromatic carbocycles. The van der Waals surface area contributed by atoms with Gasteiger partial charge in [0.15, 0.2) is 5.71 Å². The molecule has 120 valence electrons. The highest BCUT2D eigenvalue weighted by Crippen LogP contribution is 2.29. The number of benzene rings is 1. The number of fused-ring (bicyclic) bond motifs is 1. The van der Waals surface area contributed by atoms with E-state index in [1.807, 2.05) is 29.2 Å². The second-order valence-corrected chi connectivity index (χ2v) is 5.66. The monoisotopic (exact) mass is 302 g/mol. The minimum absolute atomic E-state index is 0.0344. The second kappa shape index (κ2) is 8.57. The Balaban J connectivity index is 2.07. The zero-order valence-corrected chi connectivity index (χ0v) is 13.7. The second-order valence-electron chi connectivity index (χ2n) is 5.66. The predicted octanol–water partition coefficient (Wildman–Crippen LogP) is 4.13. The number of hydrogen-bond acceptors (Lipinski definition) is 3. The normalized spacial score (nSPS) is 15.5. The van der Waals surface area contributed by atoms with Gasteiger partial charge in [-0.15, -0.1) is 0 Å². The number of unbranched alkanes of at least 4 members (excludes halogenated alkanes) is 4. The molecular weight excluding hydrogens is 276 g/mol. The molecule has 0 atom stereocenters. The maximum Gasteiger partial charge on any atom is 0.281 e. The van der Waals surface area contributed by atoms with E-state index in [2.05, 4.69) is 19.0 Å². The summed E-state index contributed by atoms with van der Waals surface area (Å²) in [6.45, 7) is 5.63. The number of oxime groups is 1. The van der Waals surface area contributed by atoms with E-state index in [-0.39, 0.29) is 5.91 Å². The van der Waals surface area contributed by atoms with E-state index < -0.39 is 0 Å². The molecule has 0 aliphatic carbocycles. The first-order valence-electron chi connectivity index (χ1n) is 8.40. The van der Waals surface area contributed by atoms with Crippen molar-refractivity contribution in [1.82, 2.24) is 0 Å². The maximum absolute atomic E-state index is 12.6. The molecule has 1 amide bonds. The molecule has 0 saturated carbocycles. The molecule has 0 aromatic heterocycles. The zero-order valence-electron chi connectivity index (χ0n) is 13.7. The van der Waals surface area contributed by atoms with Crippen LogP contribution in [0.2, 0.25) is 0 Å². The number of anilines is 1. The van der Waals surface area contributed by atoms with E-state index in [1.54, 1.807) is 0 Å². The zero-order chi connectivity index (χ0) is 15.8. The SMILES string of the molecule is CCCCCON=C1C(=O)N(CCCCC)c2ccccc21. The van der Waals surface area contributed by atoms with Gasteiger partial charge in [0.25, 0.3) is 5.91 Å². The van der Waals surface area contributed by atoms with Crippen molar-refractivity contribution in [2.45, 2.75) is 52.4 Å². The van der Waals surface area contributed by atoms with Crippen LogP contribution < -0.4 is 4.90 Å². The molecule has 0 saturated heterocycles. The van der Waals surface area contributed by atoms with Crippen LogP contribution in [0.5, 0.6) is 0 Å². The van der Waals surface area contributed by atoms with E-state index >= 15 is 0 Å². The molecule has 1 aliphatic heterocycles. The van der Waals surface area contributed by atoms with Gasteiger partial charge in [0, 0.05) is 12.1 Å². The summed E-state index contributed by atoms with van der Waals surface area (Å²) in [6.07, 6.45) is 6.53. The first-order valence-corrected chi connectivity index (χ1v) is 8.40. The van der Waals surface area contributed by atoms with Crippen LogP contribution in [0.15, 0.2) is 29.4 Å². The molecule has 22 heavy (non-hydrogen) atoms. The molecule has 1 aliphatic rings. The summed E-state index contributed by atoms with van der Waals surface area (Å²) in [6, 6.07) is 7.83. The van der Waals surface area contributed by atoms with Crippen LogP contribution >= 0.6 is 0 Å². The van der Waals surface area contributed by atoms with Crippen molar-refractivity contribution in [3.8, 4) is 0 Å². The van der Waals surface area contributed by atoms with Crippen molar-refractivity contribution in [1.29, 1.82) is 0 Å². The van der Waals surface area contributed by atoms with Crippen LogP contribution in [0.4, 0.5) is 5.69 Å². The van der Waals surface area contributed by atoms with Crippen LogP contribution in [0, 0.1) is 0 Å². The lowest BCUT2D eigenvalue weighted by Gasteiger charge is -2.16. The fourth-order valence-electron chi connectivity index (χ4n) is 2.62. The summed E-state index contributed by atoms with van der Waals surface area (Å²) in [5.74, 6) is -0.0344.